The standard InChI is InChI=1S/C12H15N3O2/c1-8(4-11-6-13-15-14-11)9-2-3-12(17)10(5-9)7-16/h2-3,5-6,8,16-17H,4,7H2,1H3,(H,13,14,15). The molecule has 5 nitrogen and oxygen atoms in total. The molecule has 0 aliphatic heterocycles. The Labute approximate surface area is 99.1 Å². The van der Waals surface area contributed by atoms with Gasteiger partial charge < -0.3 is 10.2 Å². The van der Waals surface area contributed by atoms with Gasteiger partial charge in [-0.1, -0.05) is 13.0 Å². The van der Waals surface area contributed by atoms with E-state index >= 15 is 0 Å². The molecule has 0 saturated carbocycles. The van der Waals surface area contributed by atoms with Crippen LogP contribution in [0.5, 0.6) is 5.75 Å². The Morgan fingerprint density at radius 2 is 2.24 bits per heavy atom. The van der Waals surface area contributed by atoms with Crippen molar-refractivity contribution in [2.45, 2.75) is 25.9 Å². The van der Waals surface area contributed by atoms with Gasteiger partial charge in [0, 0.05) is 5.56 Å². The van der Waals surface area contributed by atoms with E-state index in [1.54, 1.807) is 12.3 Å². The van der Waals surface area contributed by atoms with E-state index in [0.717, 1.165) is 17.7 Å². The normalized spacial score (nSPS) is 12.6. The molecule has 0 amide bonds. The van der Waals surface area contributed by atoms with Gasteiger partial charge in [0.1, 0.15) is 5.75 Å². The van der Waals surface area contributed by atoms with E-state index in [1.165, 1.54) is 0 Å². The third-order valence-corrected chi connectivity index (χ3v) is 2.82. The van der Waals surface area contributed by atoms with E-state index in [-0.39, 0.29) is 18.3 Å². The van der Waals surface area contributed by atoms with Gasteiger partial charge in [0.15, 0.2) is 0 Å². The number of aromatic nitrogens is 3. The second-order valence-corrected chi connectivity index (χ2v) is 4.11. The quantitative estimate of drug-likeness (QED) is 0.744. The minimum Gasteiger partial charge on any atom is -0.508 e. The average Bonchev–Trinajstić information content (AvgIpc) is 2.82. The molecule has 2 aromatic rings. The van der Waals surface area contributed by atoms with Crippen LogP contribution in [0.4, 0.5) is 0 Å². The zero-order valence-corrected chi connectivity index (χ0v) is 9.59. The summed E-state index contributed by atoms with van der Waals surface area (Å²) in [6.07, 6.45) is 2.47. The van der Waals surface area contributed by atoms with Gasteiger partial charge in [-0.3, -0.25) is 0 Å². The number of nitrogens with zero attached hydrogens (tertiary/aromatic N) is 2. The van der Waals surface area contributed by atoms with Gasteiger partial charge in [-0.2, -0.15) is 15.4 Å². The first-order valence-electron chi connectivity index (χ1n) is 5.48. The van der Waals surface area contributed by atoms with Gasteiger partial charge in [-0.25, -0.2) is 0 Å². The lowest BCUT2D eigenvalue weighted by Gasteiger charge is -2.12. The topological polar surface area (TPSA) is 82.0 Å². The van der Waals surface area contributed by atoms with Crippen LogP contribution < -0.4 is 0 Å². The molecule has 2 rings (SSSR count). The third kappa shape index (κ3) is 2.62. The van der Waals surface area contributed by atoms with Gasteiger partial charge in [0.25, 0.3) is 0 Å². The molecule has 1 unspecified atom stereocenters. The van der Waals surface area contributed by atoms with Crippen LogP contribution in [-0.2, 0) is 13.0 Å². The van der Waals surface area contributed by atoms with Crippen molar-refractivity contribution in [2.24, 2.45) is 0 Å². The molecule has 5 heteroatoms. The summed E-state index contributed by atoms with van der Waals surface area (Å²) in [6.45, 7) is 1.92. The van der Waals surface area contributed by atoms with Crippen LogP contribution in [0, 0.1) is 0 Å². The Morgan fingerprint density at radius 1 is 1.41 bits per heavy atom. The lowest BCUT2D eigenvalue weighted by atomic mass is 9.95. The molecule has 0 bridgehead atoms. The first-order chi connectivity index (χ1) is 8.20. The second kappa shape index (κ2) is 4.97. The molecule has 17 heavy (non-hydrogen) atoms. The summed E-state index contributed by atoms with van der Waals surface area (Å²) in [4.78, 5) is 0. The van der Waals surface area contributed by atoms with Crippen molar-refractivity contribution in [1.82, 2.24) is 15.4 Å². The maximum atomic E-state index is 9.49. The zero-order chi connectivity index (χ0) is 12.3. The predicted octanol–water partition coefficient (Wildman–Crippen LogP) is 1.35. The number of phenols is 1. The molecule has 1 aromatic heterocycles. The number of rotatable bonds is 4. The number of H-pyrrole nitrogens is 1. The van der Waals surface area contributed by atoms with E-state index in [0.29, 0.717) is 5.56 Å². The van der Waals surface area contributed by atoms with Crippen LogP contribution >= 0.6 is 0 Å². The van der Waals surface area contributed by atoms with E-state index in [9.17, 15) is 5.11 Å². The van der Waals surface area contributed by atoms with Crippen LogP contribution in [-0.4, -0.2) is 25.6 Å². The molecule has 0 saturated heterocycles. The Hall–Kier alpha value is -1.88. The highest BCUT2D eigenvalue weighted by atomic mass is 16.3. The van der Waals surface area contributed by atoms with Crippen molar-refractivity contribution in [3.05, 3.63) is 41.2 Å². The number of aromatic hydroxyl groups is 1. The number of hydrogen-bond donors (Lipinski definition) is 3. The molecule has 0 aliphatic rings. The maximum absolute atomic E-state index is 9.49. The summed E-state index contributed by atoms with van der Waals surface area (Å²) in [5, 5.41) is 28.9. The van der Waals surface area contributed by atoms with E-state index in [1.807, 2.05) is 12.1 Å². The fraction of sp³-hybridized carbons (Fsp3) is 0.333. The molecule has 0 radical (unpaired) electrons. The maximum Gasteiger partial charge on any atom is 0.121 e. The molecular formula is C12H15N3O2. The van der Waals surface area contributed by atoms with Crippen LogP contribution in [0.2, 0.25) is 0 Å². The highest BCUT2D eigenvalue weighted by molar-refractivity contribution is 5.37. The smallest absolute Gasteiger partial charge is 0.121 e. The van der Waals surface area contributed by atoms with Crippen molar-refractivity contribution in [3.8, 4) is 5.75 Å². The predicted molar refractivity (Wildman–Crippen MR) is 62.5 cm³/mol. The highest BCUT2D eigenvalue weighted by Crippen LogP contribution is 2.25. The first kappa shape index (κ1) is 11.6. The molecule has 0 spiro atoms. The van der Waals surface area contributed by atoms with Gasteiger partial charge in [0.05, 0.1) is 18.5 Å². The number of nitrogens with one attached hydrogen (secondary N) is 1. The van der Waals surface area contributed by atoms with Crippen LogP contribution in [0.15, 0.2) is 24.4 Å². The van der Waals surface area contributed by atoms with Crippen molar-refractivity contribution >= 4 is 0 Å². The van der Waals surface area contributed by atoms with E-state index in [2.05, 4.69) is 22.3 Å². The van der Waals surface area contributed by atoms with Crippen molar-refractivity contribution in [2.75, 3.05) is 0 Å². The number of aromatic amines is 1. The summed E-state index contributed by atoms with van der Waals surface area (Å²) in [5.74, 6) is 0.385. The summed E-state index contributed by atoms with van der Waals surface area (Å²) in [5.41, 5.74) is 2.51. The Kier molecular flexibility index (Phi) is 3.39. The van der Waals surface area contributed by atoms with Crippen molar-refractivity contribution in [1.29, 1.82) is 0 Å². The van der Waals surface area contributed by atoms with Gasteiger partial charge >= 0.3 is 0 Å². The Bertz CT molecular complexity index is 483. The monoisotopic (exact) mass is 233 g/mol. The molecule has 3 N–H and O–H groups in total. The first-order valence-corrected chi connectivity index (χ1v) is 5.48. The van der Waals surface area contributed by atoms with E-state index < -0.39 is 0 Å². The largest absolute Gasteiger partial charge is 0.508 e. The molecule has 1 aromatic carbocycles. The molecule has 0 fully saturated rings. The average molecular weight is 233 g/mol. The lowest BCUT2D eigenvalue weighted by molar-refractivity contribution is 0.275. The van der Waals surface area contributed by atoms with Crippen LogP contribution in [0.1, 0.15) is 29.7 Å². The number of hydrogen-bond acceptors (Lipinski definition) is 4. The van der Waals surface area contributed by atoms with Crippen molar-refractivity contribution in [3.63, 3.8) is 0 Å². The number of aliphatic hydroxyl groups excluding tert-OH is 1. The van der Waals surface area contributed by atoms with Gasteiger partial charge in [0.2, 0.25) is 0 Å². The fourth-order valence-corrected chi connectivity index (χ4v) is 1.79. The molecular weight excluding hydrogens is 218 g/mol. The van der Waals surface area contributed by atoms with Gasteiger partial charge in [-0.15, -0.1) is 0 Å². The number of aliphatic hydroxyl groups is 1. The highest BCUT2D eigenvalue weighted by Gasteiger charge is 2.10. The van der Waals surface area contributed by atoms with Gasteiger partial charge in [-0.05, 0) is 30.0 Å². The van der Waals surface area contributed by atoms with E-state index in [4.69, 9.17) is 5.11 Å². The SMILES string of the molecule is CC(Cc1cn[nH]n1)c1ccc(O)c(CO)c1. The molecule has 0 aliphatic carbocycles. The number of benzene rings is 1. The lowest BCUT2D eigenvalue weighted by Crippen LogP contribution is -2.00. The summed E-state index contributed by atoms with van der Waals surface area (Å²) < 4.78 is 0. The summed E-state index contributed by atoms with van der Waals surface area (Å²) in [6, 6.07) is 5.29. The van der Waals surface area contributed by atoms with Crippen LogP contribution in [0.3, 0.4) is 0 Å². The molecule has 1 heterocycles. The van der Waals surface area contributed by atoms with Crippen molar-refractivity contribution < 1.29 is 10.2 Å². The Morgan fingerprint density at radius 3 is 2.88 bits per heavy atom. The second-order valence-electron chi connectivity index (χ2n) is 4.11. The zero-order valence-electron chi connectivity index (χ0n) is 9.59. The Balaban J connectivity index is 2.16. The van der Waals surface area contributed by atoms with Crippen LogP contribution in [0.25, 0.3) is 0 Å². The third-order valence-electron chi connectivity index (χ3n) is 2.82. The summed E-state index contributed by atoms with van der Waals surface area (Å²) in [7, 11) is 0. The minimum absolute atomic E-state index is 0.130. The molecule has 1 atom stereocenters. The summed E-state index contributed by atoms with van der Waals surface area (Å²) >= 11 is 0. The fourth-order valence-electron chi connectivity index (χ4n) is 1.79. The molecule has 90 valence electrons. The minimum atomic E-state index is -0.156.